The van der Waals surface area contributed by atoms with Gasteiger partial charge >= 0.3 is 6.18 Å². The Morgan fingerprint density at radius 1 is 1.18 bits per heavy atom. The molecule has 1 heterocycles. The molecule has 0 saturated carbocycles. The van der Waals surface area contributed by atoms with E-state index in [9.17, 15) is 13.2 Å². The molecule has 0 spiro atoms. The normalized spacial score (nSPS) is 24.8. The molecular formula is C13H15F3O. The Bertz CT molecular complexity index is 388. The average Bonchev–Trinajstić information content (AvgIpc) is 2.14. The smallest absolute Gasteiger partial charge is 0.361 e. The van der Waals surface area contributed by atoms with Crippen molar-refractivity contribution in [1.82, 2.24) is 0 Å². The van der Waals surface area contributed by atoms with E-state index in [0.717, 1.165) is 5.56 Å². The summed E-state index contributed by atoms with van der Waals surface area (Å²) >= 11 is 0. The van der Waals surface area contributed by atoms with Crippen molar-refractivity contribution < 1.29 is 17.9 Å². The van der Waals surface area contributed by atoms with Crippen molar-refractivity contribution in [3.63, 3.8) is 0 Å². The highest BCUT2D eigenvalue weighted by molar-refractivity contribution is 5.31. The van der Waals surface area contributed by atoms with Crippen molar-refractivity contribution in [2.75, 3.05) is 6.61 Å². The molecule has 0 aliphatic carbocycles. The molecule has 1 aliphatic heterocycles. The minimum atomic E-state index is -4.34. The molecule has 94 valence electrons. The summed E-state index contributed by atoms with van der Waals surface area (Å²) in [6, 6.07) is 6.55. The second-order valence-corrected chi connectivity index (χ2v) is 4.70. The van der Waals surface area contributed by atoms with Gasteiger partial charge in [-0.3, -0.25) is 0 Å². The van der Waals surface area contributed by atoms with E-state index in [1.54, 1.807) is 12.1 Å². The highest BCUT2D eigenvalue weighted by Gasteiger charge is 2.61. The molecule has 1 aromatic rings. The fourth-order valence-electron chi connectivity index (χ4n) is 2.06. The molecule has 0 radical (unpaired) electrons. The Morgan fingerprint density at radius 3 is 2.00 bits per heavy atom. The summed E-state index contributed by atoms with van der Waals surface area (Å²) in [5, 5.41) is 0. The van der Waals surface area contributed by atoms with E-state index >= 15 is 0 Å². The second kappa shape index (κ2) is 4.02. The topological polar surface area (TPSA) is 9.23 Å². The third-order valence-corrected chi connectivity index (χ3v) is 3.30. The Morgan fingerprint density at radius 2 is 1.71 bits per heavy atom. The molecule has 0 N–H and O–H groups in total. The zero-order valence-corrected chi connectivity index (χ0v) is 9.84. The van der Waals surface area contributed by atoms with Crippen LogP contribution in [-0.2, 0) is 10.3 Å². The van der Waals surface area contributed by atoms with Gasteiger partial charge in [0.1, 0.15) is 0 Å². The predicted molar refractivity (Wildman–Crippen MR) is 58.8 cm³/mol. The van der Waals surface area contributed by atoms with Crippen molar-refractivity contribution in [1.29, 1.82) is 0 Å². The van der Waals surface area contributed by atoms with Crippen molar-refractivity contribution in [2.24, 2.45) is 0 Å². The van der Waals surface area contributed by atoms with E-state index < -0.39 is 11.8 Å². The van der Waals surface area contributed by atoms with Crippen LogP contribution in [0.2, 0.25) is 0 Å². The van der Waals surface area contributed by atoms with Crippen molar-refractivity contribution in [3.8, 4) is 0 Å². The van der Waals surface area contributed by atoms with E-state index in [4.69, 9.17) is 4.74 Å². The van der Waals surface area contributed by atoms with Crippen LogP contribution in [-0.4, -0.2) is 12.8 Å². The van der Waals surface area contributed by atoms with Crippen LogP contribution in [0.3, 0.4) is 0 Å². The maximum atomic E-state index is 13.0. The van der Waals surface area contributed by atoms with Crippen LogP contribution in [0, 0.1) is 0 Å². The van der Waals surface area contributed by atoms with Gasteiger partial charge in [-0.1, -0.05) is 38.1 Å². The molecular weight excluding hydrogens is 229 g/mol. The number of halogens is 3. The maximum absolute atomic E-state index is 13.0. The molecule has 17 heavy (non-hydrogen) atoms. The molecule has 4 heteroatoms. The van der Waals surface area contributed by atoms with Gasteiger partial charge in [0, 0.05) is 6.42 Å². The van der Waals surface area contributed by atoms with Crippen molar-refractivity contribution in [3.05, 3.63) is 35.4 Å². The third kappa shape index (κ3) is 1.95. The van der Waals surface area contributed by atoms with Gasteiger partial charge in [-0.15, -0.1) is 0 Å². The highest BCUT2D eigenvalue weighted by atomic mass is 19.4. The number of alkyl halides is 3. The molecule has 1 aromatic carbocycles. The lowest BCUT2D eigenvalue weighted by atomic mass is 9.85. The van der Waals surface area contributed by atoms with Crippen LogP contribution in [0.1, 0.15) is 37.3 Å². The van der Waals surface area contributed by atoms with Gasteiger partial charge in [-0.05, 0) is 17.0 Å². The molecule has 1 fully saturated rings. The van der Waals surface area contributed by atoms with Crippen molar-refractivity contribution in [2.45, 2.75) is 38.0 Å². The third-order valence-electron chi connectivity index (χ3n) is 3.30. The van der Waals surface area contributed by atoms with Gasteiger partial charge < -0.3 is 4.74 Å². The highest BCUT2D eigenvalue weighted by Crippen LogP contribution is 2.50. The van der Waals surface area contributed by atoms with Crippen molar-refractivity contribution >= 4 is 0 Å². The first kappa shape index (κ1) is 12.4. The molecule has 1 nitrogen and oxygen atoms in total. The van der Waals surface area contributed by atoms with Gasteiger partial charge in [-0.2, -0.15) is 13.2 Å². The monoisotopic (exact) mass is 244 g/mol. The molecule has 2 rings (SSSR count). The summed E-state index contributed by atoms with van der Waals surface area (Å²) < 4.78 is 43.8. The molecule has 1 unspecified atom stereocenters. The Labute approximate surface area is 98.6 Å². The van der Waals surface area contributed by atoms with Gasteiger partial charge in [0.15, 0.2) is 5.60 Å². The number of ether oxygens (including phenoxy) is 1. The lowest BCUT2D eigenvalue weighted by Crippen LogP contribution is -2.52. The first-order chi connectivity index (χ1) is 7.87. The standard InChI is InChI=1S/C13H15F3O/c1-9(2)10-3-5-11(6-4-10)12(7-8-17-12)13(14,15)16/h3-6,9H,7-8H2,1-2H3. The number of benzene rings is 1. The lowest BCUT2D eigenvalue weighted by molar-refractivity contribution is -0.333. The quantitative estimate of drug-likeness (QED) is 0.764. The summed E-state index contributed by atoms with van der Waals surface area (Å²) in [5.74, 6) is 0.313. The molecule has 1 aliphatic rings. The Balaban J connectivity index is 2.33. The van der Waals surface area contributed by atoms with Crippen LogP contribution in [0.25, 0.3) is 0 Å². The van der Waals surface area contributed by atoms with Crippen LogP contribution in [0.15, 0.2) is 24.3 Å². The number of hydrogen-bond acceptors (Lipinski definition) is 1. The largest absolute Gasteiger partial charge is 0.421 e. The minimum absolute atomic E-state index is 0.0114. The zero-order chi connectivity index (χ0) is 12.7. The second-order valence-electron chi connectivity index (χ2n) is 4.70. The van der Waals surface area contributed by atoms with Gasteiger partial charge in [0.05, 0.1) is 6.61 Å². The Kier molecular flexibility index (Phi) is 2.94. The minimum Gasteiger partial charge on any atom is -0.361 e. The van der Waals surface area contributed by atoms with E-state index in [0.29, 0.717) is 5.92 Å². The fourth-order valence-corrected chi connectivity index (χ4v) is 2.06. The summed E-state index contributed by atoms with van der Waals surface area (Å²) in [5.41, 5.74) is -0.825. The summed E-state index contributed by atoms with van der Waals surface area (Å²) in [6.45, 7) is 4.19. The first-order valence-corrected chi connectivity index (χ1v) is 5.68. The van der Waals surface area contributed by atoms with Crippen LogP contribution in [0.4, 0.5) is 13.2 Å². The van der Waals surface area contributed by atoms with E-state index in [2.05, 4.69) is 0 Å². The van der Waals surface area contributed by atoms with Crippen LogP contribution < -0.4 is 0 Å². The summed E-state index contributed by atoms with van der Waals surface area (Å²) in [4.78, 5) is 0. The van der Waals surface area contributed by atoms with Gasteiger partial charge in [0.25, 0.3) is 0 Å². The zero-order valence-electron chi connectivity index (χ0n) is 9.84. The molecule has 0 aromatic heterocycles. The number of rotatable bonds is 2. The van der Waals surface area contributed by atoms with Gasteiger partial charge in [-0.25, -0.2) is 0 Å². The first-order valence-electron chi connectivity index (χ1n) is 5.68. The van der Waals surface area contributed by atoms with Crippen LogP contribution in [0.5, 0.6) is 0 Å². The molecule has 1 saturated heterocycles. The van der Waals surface area contributed by atoms with E-state index in [1.807, 2.05) is 13.8 Å². The fraction of sp³-hybridized carbons (Fsp3) is 0.538. The number of hydrogen-bond donors (Lipinski definition) is 0. The SMILES string of the molecule is CC(C)c1ccc(C2(C(F)(F)F)CCO2)cc1. The lowest BCUT2D eigenvalue weighted by Gasteiger charge is -2.43. The predicted octanol–water partition coefficient (Wildman–Crippen LogP) is 3.99. The maximum Gasteiger partial charge on any atom is 0.421 e. The van der Waals surface area contributed by atoms with E-state index in [-0.39, 0.29) is 18.6 Å². The molecule has 1 atom stereocenters. The van der Waals surface area contributed by atoms with E-state index in [1.165, 1.54) is 12.1 Å². The molecule has 0 bridgehead atoms. The molecule has 0 amide bonds. The van der Waals surface area contributed by atoms with Gasteiger partial charge in [0.2, 0.25) is 0 Å². The summed E-state index contributed by atoms with van der Waals surface area (Å²) in [6.07, 6.45) is -4.33. The average molecular weight is 244 g/mol. The Hall–Kier alpha value is -1.03. The van der Waals surface area contributed by atoms with Crippen LogP contribution >= 0.6 is 0 Å². The summed E-state index contributed by atoms with van der Waals surface area (Å²) in [7, 11) is 0.